The highest BCUT2D eigenvalue weighted by molar-refractivity contribution is 5.73. The molecule has 6 nitrogen and oxygen atoms in total. The summed E-state index contributed by atoms with van der Waals surface area (Å²) in [5.41, 5.74) is 4.62. The molecular weight excluding hydrogens is 504 g/mol. The highest BCUT2D eigenvalue weighted by atomic mass is 16.7. The topological polar surface area (TPSA) is 66.4 Å². The first-order chi connectivity index (χ1) is 19.7. The number of rotatable bonds is 10. The lowest BCUT2D eigenvalue weighted by Crippen LogP contribution is -2.51. The van der Waals surface area contributed by atoms with Crippen molar-refractivity contribution in [3.8, 4) is 11.5 Å². The summed E-state index contributed by atoms with van der Waals surface area (Å²) in [5.74, 6) is 1.34. The number of fused-ring (bicyclic) bond motifs is 1. The third-order valence-electron chi connectivity index (χ3n) is 7.18. The molecule has 0 spiro atoms. The van der Waals surface area contributed by atoms with Gasteiger partial charge < -0.3 is 28.8 Å². The molecule has 6 rings (SSSR count). The second-order valence-electron chi connectivity index (χ2n) is 9.92. The zero-order chi connectivity index (χ0) is 27.1. The van der Waals surface area contributed by atoms with Gasteiger partial charge in [-0.15, -0.1) is 0 Å². The van der Waals surface area contributed by atoms with E-state index in [1.807, 2.05) is 115 Å². The Labute approximate surface area is 234 Å². The number of aliphatic hydroxyl groups excluding tert-OH is 1. The van der Waals surface area contributed by atoms with Crippen LogP contribution in [0.5, 0.6) is 11.5 Å². The van der Waals surface area contributed by atoms with E-state index >= 15 is 0 Å². The quantitative estimate of drug-likeness (QED) is 0.271. The van der Waals surface area contributed by atoms with E-state index in [0.29, 0.717) is 36.9 Å². The van der Waals surface area contributed by atoms with Gasteiger partial charge in [-0.2, -0.15) is 0 Å². The van der Waals surface area contributed by atoms with Crippen molar-refractivity contribution >= 4 is 5.57 Å². The fourth-order valence-corrected chi connectivity index (χ4v) is 5.08. The summed E-state index contributed by atoms with van der Waals surface area (Å²) in [6, 6.07) is 35.6. The van der Waals surface area contributed by atoms with Crippen LogP contribution in [0.15, 0.2) is 115 Å². The van der Waals surface area contributed by atoms with Gasteiger partial charge in [0.05, 0.1) is 19.8 Å². The Hall–Kier alpha value is -3.94. The molecule has 4 aromatic carbocycles. The summed E-state index contributed by atoms with van der Waals surface area (Å²) in [6.45, 7) is 1.26. The first kappa shape index (κ1) is 26.3. The molecule has 0 amide bonds. The van der Waals surface area contributed by atoms with Crippen LogP contribution < -0.4 is 9.47 Å². The van der Waals surface area contributed by atoms with Crippen LogP contribution in [0.1, 0.15) is 22.3 Å². The van der Waals surface area contributed by atoms with Crippen molar-refractivity contribution in [3.63, 3.8) is 0 Å². The Morgan fingerprint density at radius 2 is 1.12 bits per heavy atom. The minimum atomic E-state index is -0.957. The van der Waals surface area contributed by atoms with Crippen LogP contribution in [0.25, 0.3) is 5.57 Å². The molecule has 204 valence electrons. The predicted octanol–water partition coefficient (Wildman–Crippen LogP) is 5.93. The Balaban J connectivity index is 1.33. The van der Waals surface area contributed by atoms with Gasteiger partial charge in [0.1, 0.15) is 24.4 Å². The smallest absolute Gasteiger partial charge is 0.231 e. The van der Waals surface area contributed by atoms with E-state index in [1.165, 1.54) is 0 Å². The van der Waals surface area contributed by atoms with Crippen LogP contribution in [0.3, 0.4) is 0 Å². The molecule has 1 aliphatic heterocycles. The van der Waals surface area contributed by atoms with Gasteiger partial charge in [0.25, 0.3) is 0 Å². The van der Waals surface area contributed by atoms with Gasteiger partial charge in [0, 0.05) is 0 Å². The highest BCUT2D eigenvalue weighted by Crippen LogP contribution is 2.39. The van der Waals surface area contributed by atoms with Crippen LogP contribution >= 0.6 is 0 Å². The average molecular weight is 537 g/mol. The van der Waals surface area contributed by atoms with Gasteiger partial charge in [-0.05, 0) is 46.0 Å². The third kappa shape index (κ3) is 6.11. The summed E-state index contributed by atoms with van der Waals surface area (Å²) in [4.78, 5) is 0. The molecule has 1 N–H and O–H groups in total. The predicted molar refractivity (Wildman–Crippen MR) is 152 cm³/mol. The van der Waals surface area contributed by atoms with Crippen molar-refractivity contribution in [2.24, 2.45) is 0 Å². The molecule has 0 bridgehead atoms. The second kappa shape index (κ2) is 12.5. The molecule has 6 heteroatoms. The van der Waals surface area contributed by atoms with E-state index in [0.717, 1.165) is 22.3 Å². The first-order valence-corrected chi connectivity index (χ1v) is 13.5. The van der Waals surface area contributed by atoms with Crippen LogP contribution in [-0.4, -0.2) is 36.3 Å². The number of ether oxygens (including phenoxy) is 5. The lowest BCUT2D eigenvalue weighted by Gasteiger charge is -2.40. The van der Waals surface area contributed by atoms with E-state index in [-0.39, 0.29) is 6.79 Å². The molecular formula is C34H32O6. The SMILES string of the molecule is O[C@@H]1C(c2ccc3c(c2)OCO3)=C[C@H](OCc2ccccc2)[C@@H](OCc2ccccc2)[C@H]1OCc1ccccc1. The van der Waals surface area contributed by atoms with Gasteiger partial charge in [0.15, 0.2) is 11.5 Å². The molecule has 0 unspecified atom stereocenters. The molecule has 4 aromatic rings. The maximum absolute atomic E-state index is 11.8. The number of hydrogen-bond acceptors (Lipinski definition) is 6. The van der Waals surface area contributed by atoms with Crippen molar-refractivity contribution in [2.75, 3.05) is 6.79 Å². The van der Waals surface area contributed by atoms with E-state index < -0.39 is 24.4 Å². The number of hydrogen-bond donors (Lipinski definition) is 1. The normalized spacial score (nSPS) is 21.7. The molecule has 0 saturated carbocycles. The molecule has 0 aromatic heterocycles. The van der Waals surface area contributed by atoms with Gasteiger partial charge in [-0.1, -0.05) is 97.1 Å². The lowest BCUT2D eigenvalue weighted by molar-refractivity contribution is -0.165. The number of aliphatic hydroxyl groups is 1. The lowest BCUT2D eigenvalue weighted by atomic mass is 9.85. The zero-order valence-electron chi connectivity index (χ0n) is 22.1. The fourth-order valence-electron chi connectivity index (χ4n) is 5.08. The largest absolute Gasteiger partial charge is 0.454 e. The Morgan fingerprint density at radius 1 is 0.600 bits per heavy atom. The van der Waals surface area contributed by atoms with Crippen LogP contribution in [0.2, 0.25) is 0 Å². The van der Waals surface area contributed by atoms with Crippen molar-refractivity contribution in [3.05, 3.63) is 138 Å². The third-order valence-corrected chi connectivity index (χ3v) is 7.18. The Morgan fingerprint density at radius 3 is 1.73 bits per heavy atom. The van der Waals surface area contributed by atoms with E-state index in [2.05, 4.69) is 0 Å². The average Bonchev–Trinajstić information content (AvgIpc) is 3.48. The Kier molecular flexibility index (Phi) is 8.21. The maximum Gasteiger partial charge on any atom is 0.231 e. The zero-order valence-corrected chi connectivity index (χ0v) is 22.1. The molecule has 40 heavy (non-hydrogen) atoms. The Bertz CT molecular complexity index is 1410. The minimum absolute atomic E-state index is 0.182. The van der Waals surface area contributed by atoms with Crippen LogP contribution in [0.4, 0.5) is 0 Å². The number of benzene rings is 4. The van der Waals surface area contributed by atoms with E-state index in [4.69, 9.17) is 23.7 Å². The molecule has 0 radical (unpaired) electrons. The highest BCUT2D eigenvalue weighted by Gasteiger charge is 2.42. The molecule has 1 aliphatic carbocycles. The molecule has 0 fully saturated rings. The summed E-state index contributed by atoms with van der Waals surface area (Å²) >= 11 is 0. The van der Waals surface area contributed by atoms with E-state index in [1.54, 1.807) is 0 Å². The molecule has 4 atom stereocenters. The molecule has 2 aliphatic rings. The fraction of sp³-hybridized carbons (Fsp3) is 0.235. The van der Waals surface area contributed by atoms with Crippen LogP contribution in [0, 0.1) is 0 Å². The van der Waals surface area contributed by atoms with Gasteiger partial charge in [-0.25, -0.2) is 0 Å². The van der Waals surface area contributed by atoms with Crippen molar-refractivity contribution in [1.82, 2.24) is 0 Å². The summed E-state index contributed by atoms with van der Waals surface area (Å²) in [5, 5.41) is 11.8. The molecule has 1 heterocycles. The van der Waals surface area contributed by atoms with Crippen LogP contribution in [-0.2, 0) is 34.0 Å². The summed E-state index contributed by atoms with van der Waals surface area (Å²) in [6.07, 6.45) is -0.714. The molecule has 0 saturated heterocycles. The monoisotopic (exact) mass is 536 g/mol. The second-order valence-corrected chi connectivity index (χ2v) is 9.92. The van der Waals surface area contributed by atoms with Gasteiger partial charge in [-0.3, -0.25) is 0 Å². The van der Waals surface area contributed by atoms with Gasteiger partial charge >= 0.3 is 0 Å². The minimum Gasteiger partial charge on any atom is -0.454 e. The standard InChI is InChI=1S/C34H32O6/c35-32-28(27-16-17-29-30(18-27)40-23-39-29)19-31(36-20-24-10-4-1-5-11-24)33(37-21-25-12-6-2-7-13-25)34(32)38-22-26-14-8-3-9-15-26/h1-19,31-35H,20-23H2/t31-,32+,33+,34-/m0/s1. The summed E-state index contributed by atoms with van der Waals surface area (Å²) < 4.78 is 30.6. The van der Waals surface area contributed by atoms with Crippen molar-refractivity contribution in [1.29, 1.82) is 0 Å². The van der Waals surface area contributed by atoms with Crippen molar-refractivity contribution < 1.29 is 28.8 Å². The van der Waals surface area contributed by atoms with Gasteiger partial charge in [0.2, 0.25) is 6.79 Å². The van der Waals surface area contributed by atoms with Crippen molar-refractivity contribution in [2.45, 2.75) is 44.2 Å². The first-order valence-electron chi connectivity index (χ1n) is 13.5. The summed E-state index contributed by atoms with van der Waals surface area (Å²) in [7, 11) is 0. The van der Waals surface area contributed by atoms with E-state index in [9.17, 15) is 5.11 Å². The maximum atomic E-state index is 11.8.